The Morgan fingerprint density at radius 1 is 1.27 bits per heavy atom. The van der Waals surface area contributed by atoms with E-state index in [1.165, 1.54) is 6.42 Å². The van der Waals surface area contributed by atoms with Gasteiger partial charge < -0.3 is 0 Å². The Morgan fingerprint density at radius 3 is 2.27 bits per heavy atom. The molecule has 11 heavy (non-hydrogen) atoms. The van der Waals surface area contributed by atoms with E-state index in [0.29, 0.717) is 0 Å². The molecule has 0 radical (unpaired) electrons. The van der Waals surface area contributed by atoms with Crippen LogP contribution in [0.1, 0.15) is 40.0 Å². The lowest BCUT2D eigenvalue weighted by Crippen LogP contribution is -2.03. The van der Waals surface area contributed by atoms with Crippen molar-refractivity contribution in [2.75, 3.05) is 0 Å². The van der Waals surface area contributed by atoms with Gasteiger partial charge in [-0.25, -0.2) is 0 Å². The third kappa shape index (κ3) is 1.11. The molecule has 0 aliphatic heterocycles. The van der Waals surface area contributed by atoms with Crippen molar-refractivity contribution in [3.05, 3.63) is 0 Å². The molecular formula is C11H20. The first kappa shape index (κ1) is 7.64. The van der Waals surface area contributed by atoms with Crippen molar-refractivity contribution in [2.24, 2.45) is 29.6 Å². The van der Waals surface area contributed by atoms with Gasteiger partial charge >= 0.3 is 0 Å². The van der Waals surface area contributed by atoms with Gasteiger partial charge in [-0.05, 0) is 42.4 Å². The van der Waals surface area contributed by atoms with Crippen LogP contribution < -0.4 is 0 Å². The second kappa shape index (κ2) is 2.50. The van der Waals surface area contributed by atoms with Crippen molar-refractivity contribution >= 4 is 0 Å². The van der Waals surface area contributed by atoms with E-state index in [0.717, 1.165) is 29.6 Å². The van der Waals surface area contributed by atoms with Gasteiger partial charge in [0.2, 0.25) is 0 Å². The second-order valence-electron chi connectivity index (χ2n) is 4.87. The summed E-state index contributed by atoms with van der Waals surface area (Å²) >= 11 is 0. The number of rotatable bonds is 2. The molecule has 3 unspecified atom stereocenters. The van der Waals surface area contributed by atoms with E-state index in [9.17, 15) is 0 Å². The van der Waals surface area contributed by atoms with Gasteiger partial charge in [0.15, 0.2) is 0 Å². The Hall–Kier alpha value is 0. The minimum atomic E-state index is 1.01. The van der Waals surface area contributed by atoms with Crippen LogP contribution in [0.15, 0.2) is 0 Å². The van der Waals surface area contributed by atoms with E-state index >= 15 is 0 Å². The highest BCUT2D eigenvalue weighted by Gasteiger charge is 2.55. The molecule has 64 valence electrons. The molecule has 2 fully saturated rings. The maximum atomic E-state index is 2.44. The Morgan fingerprint density at radius 2 is 1.82 bits per heavy atom. The van der Waals surface area contributed by atoms with Crippen LogP contribution >= 0.6 is 0 Å². The van der Waals surface area contributed by atoms with Crippen LogP contribution in [0.4, 0.5) is 0 Å². The molecule has 0 bridgehead atoms. The molecule has 0 heterocycles. The highest BCUT2D eigenvalue weighted by molar-refractivity contribution is 5.04. The van der Waals surface area contributed by atoms with Crippen LogP contribution in [0.5, 0.6) is 0 Å². The summed E-state index contributed by atoms with van der Waals surface area (Å²) in [5.41, 5.74) is 0. The van der Waals surface area contributed by atoms with Gasteiger partial charge in [0.25, 0.3) is 0 Å². The maximum absolute atomic E-state index is 2.44. The van der Waals surface area contributed by atoms with Crippen LogP contribution in [-0.4, -0.2) is 0 Å². The predicted octanol–water partition coefficient (Wildman–Crippen LogP) is 3.32. The molecule has 0 N–H and O–H groups in total. The lowest BCUT2D eigenvalue weighted by molar-refractivity contribution is 0.375. The standard InChI is InChI=1S/C11H20/c1-4-8(3)11-9-5-7(2)6-10(9)11/h7-11H,4-6H2,1-3H3. The quantitative estimate of drug-likeness (QED) is 0.569. The molecule has 0 aromatic carbocycles. The van der Waals surface area contributed by atoms with Gasteiger partial charge in [-0.1, -0.05) is 27.2 Å². The lowest BCUT2D eigenvalue weighted by Gasteiger charge is -2.12. The summed E-state index contributed by atoms with van der Waals surface area (Å²) in [7, 11) is 0. The van der Waals surface area contributed by atoms with Crippen molar-refractivity contribution in [3.8, 4) is 0 Å². The minimum absolute atomic E-state index is 1.01. The van der Waals surface area contributed by atoms with Gasteiger partial charge in [0.1, 0.15) is 0 Å². The fourth-order valence-electron chi connectivity index (χ4n) is 3.28. The van der Waals surface area contributed by atoms with Gasteiger partial charge in [-0.2, -0.15) is 0 Å². The summed E-state index contributed by atoms with van der Waals surface area (Å²) in [5, 5.41) is 0. The Balaban J connectivity index is 1.87. The topological polar surface area (TPSA) is 0 Å². The zero-order valence-corrected chi connectivity index (χ0v) is 8.01. The maximum Gasteiger partial charge on any atom is -0.0326 e. The SMILES string of the molecule is CCC(C)C1C2CC(C)CC21. The molecule has 0 spiro atoms. The van der Waals surface area contributed by atoms with E-state index < -0.39 is 0 Å². The fourth-order valence-corrected chi connectivity index (χ4v) is 3.28. The van der Waals surface area contributed by atoms with Crippen molar-refractivity contribution < 1.29 is 0 Å². The van der Waals surface area contributed by atoms with E-state index in [1.807, 2.05) is 0 Å². The average molecular weight is 152 g/mol. The highest BCUT2D eigenvalue weighted by Crippen LogP contribution is 2.62. The zero-order valence-electron chi connectivity index (χ0n) is 8.01. The molecule has 3 atom stereocenters. The number of hydrogen-bond acceptors (Lipinski definition) is 0. The summed E-state index contributed by atoms with van der Waals surface area (Å²) in [6.07, 6.45) is 4.48. The molecule has 0 nitrogen and oxygen atoms in total. The monoisotopic (exact) mass is 152 g/mol. The van der Waals surface area contributed by atoms with Crippen LogP contribution in [0.25, 0.3) is 0 Å². The van der Waals surface area contributed by atoms with E-state index in [-0.39, 0.29) is 0 Å². The van der Waals surface area contributed by atoms with Crippen molar-refractivity contribution in [1.82, 2.24) is 0 Å². The Bertz CT molecular complexity index is 138. The molecule has 0 heteroatoms. The summed E-state index contributed by atoms with van der Waals surface area (Å²) < 4.78 is 0. The van der Waals surface area contributed by atoms with Gasteiger partial charge in [-0.15, -0.1) is 0 Å². The molecule has 2 aliphatic rings. The minimum Gasteiger partial charge on any atom is -0.0651 e. The van der Waals surface area contributed by atoms with E-state index in [2.05, 4.69) is 20.8 Å². The number of fused-ring (bicyclic) bond motifs is 1. The highest BCUT2D eigenvalue weighted by atomic mass is 14.6. The van der Waals surface area contributed by atoms with Gasteiger partial charge in [0.05, 0.1) is 0 Å². The normalized spacial score (nSPS) is 50.5. The van der Waals surface area contributed by atoms with E-state index in [1.54, 1.807) is 12.8 Å². The summed E-state index contributed by atoms with van der Waals surface area (Å²) in [6, 6.07) is 0. The molecule has 0 aromatic rings. The van der Waals surface area contributed by atoms with E-state index in [4.69, 9.17) is 0 Å². The molecule has 2 aliphatic carbocycles. The molecule has 2 rings (SSSR count). The van der Waals surface area contributed by atoms with Crippen LogP contribution in [-0.2, 0) is 0 Å². The summed E-state index contributed by atoms with van der Waals surface area (Å²) in [6.45, 7) is 7.19. The molecule has 0 saturated heterocycles. The smallest absolute Gasteiger partial charge is 0.0326 e. The van der Waals surface area contributed by atoms with Crippen molar-refractivity contribution in [2.45, 2.75) is 40.0 Å². The molecule has 0 aromatic heterocycles. The second-order valence-corrected chi connectivity index (χ2v) is 4.87. The molecular weight excluding hydrogens is 132 g/mol. The predicted molar refractivity (Wildman–Crippen MR) is 48.3 cm³/mol. The van der Waals surface area contributed by atoms with Crippen molar-refractivity contribution in [3.63, 3.8) is 0 Å². The zero-order chi connectivity index (χ0) is 8.01. The Labute approximate surface area is 70.4 Å². The fraction of sp³-hybridized carbons (Fsp3) is 1.00. The summed E-state index contributed by atoms with van der Waals surface area (Å²) in [5.74, 6) is 5.50. The first-order chi connectivity index (χ1) is 5.24. The van der Waals surface area contributed by atoms with Crippen LogP contribution in [0.2, 0.25) is 0 Å². The summed E-state index contributed by atoms with van der Waals surface area (Å²) in [4.78, 5) is 0. The van der Waals surface area contributed by atoms with Gasteiger partial charge in [0, 0.05) is 0 Å². The third-order valence-corrected chi connectivity index (χ3v) is 4.05. The van der Waals surface area contributed by atoms with Crippen LogP contribution in [0.3, 0.4) is 0 Å². The third-order valence-electron chi connectivity index (χ3n) is 4.05. The molecule has 2 saturated carbocycles. The van der Waals surface area contributed by atoms with Crippen LogP contribution in [0, 0.1) is 29.6 Å². The largest absolute Gasteiger partial charge is 0.0651 e. The van der Waals surface area contributed by atoms with Crippen molar-refractivity contribution in [1.29, 1.82) is 0 Å². The Kier molecular flexibility index (Phi) is 1.74. The average Bonchev–Trinajstić information content (AvgIpc) is 2.48. The molecule has 0 amide bonds. The first-order valence-corrected chi connectivity index (χ1v) is 5.24. The lowest BCUT2D eigenvalue weighted by atomic mass is 9.93. The number of hydrogen-bond donors (Lipinski definition) is 0. The van der Waals surface area contributed by atoms with Gasteiger partial charge in [-0.3, -0.25) is 0 Å². The first-order valence-electron chi connectivity index (χ1n) is 5.24.